The van der Waals surface area contributed by atoms with Crippen molar-refractivity contribution in [1.29, 1.82) is 0 Å². The monoisotopic (exact) mass is 218 g/mol. The van der Waals surface area contributed by atoms with Crippen molar-refractivity contribution in [3.05, 3.63) is 35.9 Å². The van der Waals surface area contributed by atoms with Gasteiger partial charge in [-0.3, -0.25) is 0 Å². The average Bonchev–Trinajstić information content (AvgIpc) is 2.28. The first kappa shape index (κ1) is 11.6. The minimum absolute atomic E-state index is 0.739. The van der Waals surface area contributed by atoms with Crippen LogP contribution in [-0.4, -0.2) is 19.1 Å². The first-order valence-electron chi connectivity index (χ1n) is 6.38. The van der Waals surface area contributed by atoms with Gasteiger partial charge in [0.1, 0.15) is 0 Å². The summed E-state index contributed by atoms with van der Waals surface area (Å²) in [5.41, 5.74) is 6.96. The van der Waals surface area contributed by atoms with E-state index in [2.05, 4.69) is 35.6 Å². The average molecular weight is 218 g/mol. The van der Waals surface area contributed by atoms with E-state index in [1.54, 1.807) is 0 Å². The number of hydrogen-bond acceptors (Lipinski definition) is 2. The third-order valence-electron chi connectivity index (χ3n) is 3.47. The molecule has 0 unspecified atom stereocenters. The molecule has 1 aromatic carbocycles. The van der Waals surface area contributed by atoms with Gasteiger partial charge in [-0.1, -0.05) is 30.3 Å². The minimum atomic E-state index is 0.739. The zero-order valence-corrected chi connectivity index (χ0v) is 9.86. The fraction of sp³-hybridized carbons (Fsp3) is 0.571. The highest BCUT2D eigenvalue weighted by Gasteiger charge is 2.29. The Kier molecular flexibility index (Phi) is 4.37. The van der Waals surface area contributed by atoms with E-state index < -0.39 is 0 Å². The second kappa shape index (κ2) is 6.02. The maximum atomic E-state index is 5.46. The van der Waals surface area contributed by atoms with E-state index >= 15 is 0 Å². The predicted octanol–water partition coefficient (Wildman–Crippen LogP) is 2.26. The molecule has 0 heterocycles. The molecule has 0 saturated heterocycles. The van der Waals surface area contributed by atoms with Gasteiger partial charge < -0.3 is 11.1 Å². The molecule has 2 heteroatoms. The summed E-state index contributed by atoms with van der Waals surface area (Å²) in [7, 11) is 0. The highest BCUT2D eigenvalue weighted by atomic mass is 14.9. The van der Waals surface area contributed by atoms with Crippen molar-refractivity contribution in [3.63, 3.8) is 0 Å². The van der Waals surface area contributed by atoms with Crippen LogP contribution in [0.15, 0.2) is 30.3 Å². The maximum absolute atomic E-state index is 5.46. The van der Waals surface area contributed by atoms with E-state index in [4.69, 9.17) is 5.73 Å². The van der Waals surface area contributed by atoms with Crippen LogP contribution in [0.3, 0.4) is 0 Å². The third-order valence-corrected chi connectivity index (χ3v) is 3.47. The quantitative estimate of drug-likeness (QED) is 0.719. The fourth-order valence-corrected chi connectivity index (χ4v) is 2.36. The number of unbranched alkanes of at least 4 members (excludes halogenated alkanes) is 1. The SMILES string of the molecule is NCCCCNC1CC(c2ccccc2)C1. The van der Waals surface area contributed by atoms with E-state index in [1.807, 2.05) is 0 Å². The van der Waals surface area contributed by atoms with Gasteiger partial charge in [-0.25, -0.2) is 0 Å². The standard InChI is InChI=1S/C14H22N2/c15-8-4-5-9-16-14-10-13(11-14)12-6-2-1-3-7-12/h1-3,6-7,13-14,16H,4-5,8-11,15H2. The van der Waals surface area contributed by atoms with Crippen molar-refractivity contribution in [2.24, 2.45) is 5.73 Å². The lowest BCUT2D eigenvalue weighted by Crippen LogP contribution is -2.40. The molecule has 0 bridgehead atoms. The number of benzene rings is 1. The lowest BCUT2D eigenvalue weighted by atomic mass is 9.76. The van der Waals surface area contributed by atoms with Crippen LogP contribution in [0.2, 0.25) is 0 Å². The number of nitrogens with two attached hydrogens (primary N) is 1. The zero-order chi connectivity index (χ0) is 11.2. The van der Waals surface area contributed by atoms with E-state index in [0.717, 1.165) is 31.5 Å². The second-order valence-electron chi connectivity index (χ2n) is 4.73. The molecule has 0 amide bonds. The molecular weight excluding hydrogens is 196 g/mol. The Morgan fingerprint density at radius 1 is 1.12 bits per heavy atom. The van der Waals surface area contributed by atoms with Crippen molar-refractivity contribution >= 4 is 0 Å². The first-order chi connectivity index (χ1) is 7.90. The van der Waals surface area contributed by atoms with Crippen molar-refractivity contribution in [2.45, 2.75) is 37.6 Å². The Bertz CT molecular complexity index is 291. The predicted molar refractivity (Wildman–Crippen MR) is 68.5 cm³/mol. The van der Waals surface area contributed by atoms with Crippen LogP contribution >= 0.6 is 0 Å². The van der Waals surface area contributed by atoms with Gasteiger partial charge in [-0.05, 0) is 50.3 Å². The number of hydrogen-bond donors (Lipinski definition) is 2. The van der Waals surface area contributed by atoms with Crippen LogP contribution in [0.5, 0.6) is 0 Å². The van der Waals surface area contributed by atoms with Crippen LogP contribution < -0.4 is 11.1 Å². The molecule has 0 radical (unpaired) electrons. The highest BCUT2D eigenvalue weighted by Crippen LogP contribution is 2.36. The molecule has 1 saturated carbocycles. The van der Waals surface area contributed by atoms with Crippen molar-refractivity contribution < 1.29 is 0 Å². The zero-order valence-electron chi connectivity index (χ0n) is 9.86. The Morgan fingerprint density at radius 2 is 1.88 bits per heavy atom. The molecule has 1 fully saturated rings. The molecule has 1 aliphatic carbocycles. The van der Waals surface area contributed by atoms with Crippen LogP contribution in [0, 0.1) is 0 Å². The third kappa shape index (κ3) is 3.06. The van der Waals surface area contributed by atoms with Crippen LogP contribution in [0.25, 0.3) is 0 Å². The summed E-state index contributed by atoms with van der Waals surface area (Å²) in [4.78, 5) is 0. The molecule has 3 N–H and O–H groups in total. The summed E-state index contributed by atoms with van der Waals surface area (Å²) in [6.07, 6.45) is 4.95. The topological polar surface area (TPSA) is 38.0 Å². The van der Waals surface area contributed by atoms with Gasteiger partial charge in [0.05, 0.1) is 0 Å². The summed E-state index contributed by atoms with van der Waals surface area (Å²) >= 11 is 0. The normalized spacial score (nSPS) is 24.1. The molecule has 0 aromatic heterocycles. The molecule has 2 nitrogen and oxygen atoms in total. The molecule has 1 aliphatic rings. The molecule has 16 heavy (non-hydrogen) atoms. The van der Waals surface area contributed by atoms with Crippen molar-refractivity contribution in [2.75, 3.05) is 13.1 Å². The largest absolute Gasteiger partial charge is 0.330 e. The smallest absolute Gasteiger partial charge is 0.00787 e. The van der Waals surface area contributed by atoms with Crippen LogP contribution in [-0.2, 0) is 0 Å². The molecule has 0 aliphatic heterocycles. The van der Waals surface area contributed by atoms with Gasteiger partial charge in [0.2, 0.25) is 0 Å². The Balaban J connectivity index is 1.63. The van der Waals surface area contributed by atoms with Gasteiger partial charge in [0, 0.05) is 6.04 Å². The summed E-state index contributed by atoms with van der Waals surface area (Å²) in [6, 6.07) is 11.6. The fourth-order valence-electron chi connectivity index (χ4n) is 2.36. The minimum Gasteiger partial charge on any atom is -0.330 e. The Hall–Kier alpha value is -0.860. The van der Waals surface area contributed by atoms with Gasteiger partial charge >= 0.3 is 0 Å². The highest BCUT2D eigenvalue weighted by molar-refractivity contribution is 5.22. The van der Waals surface area contributed by atoms with E-state index in [0.29, 0.717) is 0 Å². The molecule has 0 spiro atoms. The first-order valence-corrected chi connectivity index (χ1v) is 6.38. The molecule has 0 atom stereocenters. The summed E-state index contributed by atoms with van der Waals surface area (Å²) in [5.74, 6) is 0.785. The van der Waals surface area contributed by atoms with E-state index in [-0.39, 0.29) is 0 Å². The lowest BCUT2D eigenvalue weighted by molar-refractivity contribution is 0.290. The summed E-state index contributed by atoms with van der Waals surface area (Å²) in [5, 5.41) is 3.60. The van der Waals surface area contributed by atoms with Gasteiger partial charge in [-0.2, -0.15) is 0 Å². The molecule has 88 valence electrons. The lowest BCUT2D eigenvalue weighted by Gasteiger charge is -2.36. The van der Waals surface area contributed by atoms with Crippen LogP contribution in [0.4, 0.5) is 0 Å². The van der Waals surface area contributed by atoms with Gasteiger partial charge in [0.15, 0.2) is 0 Å². The van der Waals surface area contributed by atoms with Gasteiger partial charge in [-0.15, -0.1) is 0 Å². The Labute approximate surface area is 98.2 Å². The van der Waals surface area contributed by atoms with Crippen molar-refractivity contribution in [1.82, 2.24) is 5.32 Å². The van der Waals surface area contributed by atoms with E-state index in [1.165, 1.54) is 24.8 Å². The Morgan fingerprint density at radius 3 is 2.56 bits per heavy atom. The molecular formula is C14H22N2. The second-order valence-corrected chi connectivity index (χ2v) is 4.73. The van der Waals surface area contributed by atoms with Crippen molar-refractivity contribution in [3.8, 4) is 0 Å². The molecule has 1 aromatic rings. The van der Waals surface area contributed by atoms with Crippen LogP contribution in [0.1, 0.15) is 37.2 Å². The number of nitrogens with one attached hydrogen (secondary N) is 1. The van der Waals surface area contributed by atoms with E-state index in [9.17, 15) is 0 Å². The number of rotatable bonds is 6. The summed E-state index contributed by atoms with van der Waals surface area (Å²) < 4.78 is 0. The maximum Gasteiger partial charge on any atom is 0.00787 e. The summed E-state index contributed by atoms with van der Waals surface area (Å²) in [6.45, 7) is 1.95. The molecule has 2 rings (SSSR count). The van der Waals surface area contributed by atoms with Gasteiger partial charge in [0.25, 0.3) is 0 Å².